The van der Waals surface area contributed by atoms with E-state index in [9.17, 15) is 9.59 Å². The fourth-order valence-electron chi connectivity index (χ4n) is 3.85. The van der Waals surface area contributed by atoms with E-state index in [-0.39, 0.29) is 45.4 Å². The Morgan fingerprint density at radius 1 is 1.21 bits per heavy atom. The number of aromatic amines is 1. The van der Waals surface area contributed by atoms with Crippen LogP contribution < -0.4 is 9.47 Å². The van der Waals surface area contributed by atoms with E-state index in [0.717, 1.165) is 4.90 Å². The van der Waals surface area contributed by atoms with Gasteiger partial charge in [-0.3, -0.25) is 9.59 Å². The van der Waals surface area contributed by atoms with Crippen molar-refractivity contribution in [3.05, 3.63) is 59.1 Å². The lowest BCUT2D eigenvalue weighted by atomic mass is 9.86. The van der Waals surface area contributed by atoms with Gasteiger partial charge >= 0.3 is 0 Å². The maximum absolute atomic E-state index is 13.7. The van der Waals surface area contributed by atoms with E-state index in [4.69, 9.17) is 25.9 Å². The Morgan fingerprint density at radius 2 is 2.07 bits per heavy atom. The minimum atomic E-state index is -3.12. The monoisotopic (exact) mass is 401 g/mol. The molecule has 1 unspecified atom stereocenters. The van der Waals surface area contributed by atoms with Crippen LogP contribution in [0.3, 0.4) is 0 Å². The van der Waals surface area contributed by atoms with E-state index in [1.807, 2.05) is 0 Å². The molecule has 3 aromatic rings. The summed E-state index contributed by atoms with van der Waals surface area (Å²) >= 11 is 0. The van der Waals surface area contributed by atoms with Gasteiger partial charge < -0.3 is 24.3 Å². The van der Waals surface area contributed by atoms with Gasteiger partial charge in [0.2, 0.25) is 18.6 Å². The first kappa shape index (κ1) is 8.49. The average molecular weight is 401 g/mol. The molecule has 29 heavy (non-hydrogen) atoms. The number of benzene rings is 2. The first-order valence-corrected chi connectivity index (χ1v) is 8.66. The van der Waals surface area contributed by atoms with Crippen LogP contribution >= 0.6 is 0 Å². The lowest BCUT2D eigenvalue weighted by Crippen LogP contribution is -2.62. The van der Waals surface area contributed by atoms with E-state index >= 15 is 0 Å². The van der Waals surface area contributed by atoms with Crippen molar-refractivity contribution in [2.75, 3.05) is 20.3 Å². The maximum Gasteiger partial charge on any atom is 0.245 e. The summed E-state index contributed by atoms with van der Waals surface area (Å²) in [6, 6.07) is -8.06. The third-order valence-corrected chi connectivity index (χ3v) is 5.10. The smallest absolute Gasteiger partial charge is 0.245 e. The highest BCUT2D eigenvalue weighted by Crippen LogP contribution is 2.44. The number of carbonyl (C=O) groups is 2. The van der Waals surface area contributed by atoms with E-state index in [1.165, 1.54) is 0 Å². The lowest BCUT2D eigenvalue weighted by Gasteiger charge is -2.46. The van der Waals surface area contributed by atoms with Crippen molar-refractivity contribution in [3.8, 4) is 11.5 Å². The van der Waals surface area contributed by atoms with Crippen LogP contribution in [0, 0.1) is 0 Å². The maximum atomic E-state index is 13.7. The standard InChI is InChI=1S/C22H19N3O4/c1-24-10-19(26)25-16(22(24)27)9-14-13-4-2-3-5-15(13)23-20(14)21(25)12-6-7-17-18(8-12)29-11-28-17/h2-8,16,21,23H,9-11H2,1H3/t16-,21?/m1/s1/i1D3,2D,3D,4D,5D,6D,7D,8D,9D2. The quantitative estimate of drug-likeness (QED) is 0.678. The summed E-state index contributed by atoms with van der Waals surface area (Å²) in [6.07, 6.45) is -2.91. The molecule has 146 valence electrons. The summed E-state index contributed by atoms with van der Waals surface area (Å²) in [5.74, 6) is -2.76. The number of aromatic nitrogens is 1. The number of ether oxygens (including phenoxy) is 2. The van der Waals surface area contributed by atoms with Crippen molar-refractivity contribution in [3.63, 3.8) is 0 Å². The van der Waals surface area contributed by atoms with Gasteiger partial charge in [-0.25, -0.2) is 0 Å². The number of H-pyrrole nitrogens is 1. The van der Waals surface area contributed by atoms with Crippen LogP contribution in [0.4, 0.5) is 0 Å². The molecule has 6 rings (SSSR count). The number of para-hydroxylation sites is 1. The second kappa shape index (κ2) is 5.76. The molecule has 1 N–H and O–H groups in total. The second-order valence-corrected chi connectivity index (χ2v) is 6.69. The summed E-state index contributed by atoms with van der Waals surface area (Å²) in [4.78, 5) is 31.1. The van der Waals surface area contributed by atoms with Crippen molar-refractivity contribution in [2.45, 2.75) is 18.5 Å². The van der Waals surface area contributed by atoms with Gasteiger partial charge in [0.15, 0.2) is 11.5 Å². The number of amides is 2. The van der Waals surface area contributed by atoms with Gasteiger partial charge in [-0.2, -0.15) is 0 Å². The van der Waals surface area contributed by atoms with Crippen LogP contribution in [-0.2, 0) is 16.0 Å². The molecule has 1 fully saturated rings. The summed E-state index contributed by atoms with van der Waals surface area (Å²) in [5, 5.41) is -0.336. The number of rotatable bonds is 1. The zero-order valence-corrected chi connectivity index (χ0v) is 14.6. The van der Waals surface area contributed by atoms with E-state index in [1.54, 1.807) is 0 Å². The Hall–Kier alpha value is -3.48. The predicted molar refractivity (Wildman–Crippen MR) is 105 cm³/mol. The molecule has 1 saturated heterocycles. The second-order valence-electron chi connectivity index (χ2n) is 6.69. The molecule has 2 atom stereocenters. The molecule has 2 aromatic carbocycles. The molecule has 7 nitrogen and oxygen atoms in total. The van der Waals surface area contributed by atoms with Gasteiger partial charge in [-0.15, -0.1) is 0 Å². The Labute approximate surface area is 183 Å². The van der Waals surface area contributed by atoms with Crippen molar-refractivity contribution in [1.29, 1.82) is 0 Å². The molecule has 7 heteroatoms. The molecular weight excluding hydrogens is 370 g/mol. The van der Waals surface area contributed by atoms with Crippen LogP contribution in [0.5, 0.6) is 11.5 Å². The van der Waals surface area contributed by atoms with Crippen molar-refractivity contribution in [1.82, 2.24) is 14.8 Å². The molecule has 0 spiro atoms. The number of hydrogen-bond donors (Lipinski definition) is 1. The number of fused-ring (bicyclic) bond motifs is 5. The summed E-state index contributed by atoms with van der Waals surface area (Å²) in [6.45, 7) is -4.46. The van der Waals surface area contributed by atoms with Gasteiger partial charge in [0.1, 0.15) is 6.04 Å². The number of hydrogen-bond acceptors (Lipinski definition) is 4. The molecule has 0 aliphatic carbocycles. The molecule has 2 amide bonds. The van der Waals surface area contributed by atoms with Gasteiger partial charge in [-0.05, 0) is 29.3 Å². The SMILES string of the molecule is [2H]c1c([2H])c(C2c3[nH]c4c([2H])c([2H])c([2H])c([2H])c4c3C([2H])([2H])[C@@H]3C(=O)N(C([2H])([2H])[2H])CC(=O)N23)c([2H])c2c1OCO2. The summed E-state index contributed by atoms with van der Waals surface area (Å²) < 4.78 is 111. The fourth-order valence-corrected chi connectivity index (χ4v) is 3.85. The zero-order valence-electron chi connectivity index (χ0n) is 26.6. The average Bonchev–Trinajstić information content (AvgIpc) is 3.54. The van der Waals surface area contributed by atoms with Crippen LogP contribution in [-0.4, -0.2) is 53.0 Å². The minimum Gasteiger partial charge on any atom is -0.454 e. The molecule has 0 bridgehead atoms. The lowest BCUT2D eigenvalue weighted by molar-refractivity contribution is -0.157. The minimum absolute atomic E-state index is 0.197. The summed E-state index contributed by atoms with van der Waals surface area (Å²) in [7, 11) is 0. The van der Waals surface area contributed by atoms with Crippen molar-refractivity contribution < 1.29 is 35.5 Å². The Bertz CT molecular complexity index is 1720. The molecule has 0 radical (unpaired) electrons. The number of piperazine rings is 1. The third-order valence-electron chi connectivity index (χ3n) is 5.10. The molecular formula is C22H19N3O4. The highest BCUT2D eigenvalue weighted by molar-refractivity contribution is 5.97. The zero-order chi connectivity index (χ0) is 30.1. The van der Waals surface area contributed by atoms with Gasteiger partial charge in [0, 0.05) is 36.8 Å². The molecule has 4 heterocycles. The summed E-state index contributed by atoms with van der Waals surface area (Å²) in [5.41, 5.74) is -1.34. The van der Waals surface area contributed by atoms with Crippen LogP contribution in [0.25, 0.3) is 10.9 Å². The first-order valence-electron chi connectivity index (χ1n) is 14.7. The molecule has 3 aliphatic rings. The number of carbonyl (C=O) groups excluding carboxylic acids is 2. The Balaban J connectivity index is 1.77. The van der Waals surface area contributed by atoms with Crippen molar-refractivity contribution in [2.24, 2.45) is 0 Å². The normalized spacial score (nSPS) is 30.9. The Morgan fingerprint density at radius 3 is 2.97 bits per heavy atom. The third kappa shape index (κ3) is 2.24. The van der Waals surface area contributed by atoms with Crippen LogP contribution in [0.1, 0.15) is 39.3 Å². The fraction of sp³-hybridized carbons (Fsp3) is 0.273. The molecule has 3 aliphatic heterocycles. The van der Waals surface area contributed by atoms with E-state index in [0.29, 0.717) is 0 Å². The van der Waals surface area contributed by atoms with Crippen molar-refractivity contribution >= 4 is 22.7 Å². The van der Waals surface area contributed by atoms with Gasteiger partial charge in [-0.1, -0.05) is 24.2 Å². The van der Waals surface area contributed by atoms with E-state index in [2.05, 4.69) is 4.98 Å². The Kier molecular flexibility index (Phi) is 1.69. The van der Waals surface area contributed by atoms with Gasteiger partial charge in [0.25, 0.3) is 0 Å². The van der Waals surface area contributed by atoms with Crippen LogP contribution in [0.2, 0.25) is 0 Å². The topological polar surface area (TPSA) is 74.9 Å². The largest absolute Gasteiger partial charge is 0.454 e. The van der Waals surface area contributed by atoms with Gasteiger partial charge in [0.05, 0.1) is 22.2 Å². The van der Waals surface area contributed by atoms with Crippen LogP contribution in [0.15, 0.2) is 42.3 Å². The van der Waals surface area contributed by atoms with E-state index < -0.39 is 91.7 Å². The highest BCUT2D eigenvalue weighted by Gasteiger charge is 2.47. The predicted octanol–water partition coefficient (Wildman–Crippen LogP) is 2.21. The number of nitrogens with zero attached hydrogens (tertiary/aromatic N) is 2. The molecule has 0 saturated carbocycles. The number of likely N-dealkylation sites (N-methyl/N-ethyl adjacent to an activating group) is 1. The molecule has 1 aromatic heterocycles. The number of nitrogens with one attached hydrogen (secondary N) is 1. The highest BCUT2D eigenvalue weighted by atomic mass is 16.7. The first-order chi connectivity index (χ1) is 19.0.